The summed E-state index contributed by atoms with van der Waals surface area (Å²) in [6.07, 6.45) is 3.76. The van der Waals surface area contributed by atoms with Crippen molar-refractivity contribution >= 4 is 0 Å². The number of nitrogens with zero attached hydrogens (tertiary/aromatic N) is 4. The second-order valence-electron chi connectivity index (χ2n) is 14.1. The number of aromatic nitrogens is 4. The van der Waals surface area contributed by atoms with E-state index in [-0.39, 0.29) is 0 Å². The van der Waals surface area contributed by atoms with Gasteiger partial charge in [0.15, 0.2) is 11.5 Å². The van der Waals surface area contributed by atoms with Crippen molar-refractivity contribution in [3.05, 3.63) is 179 Å². The Morgan fingerprint density at radius 3 is 1.39 bits per heavy atom. The molecule has 61 heavy (non-hydrogen) atoms. The summed E-state index contributed by atoms with van der Waals surface area (Å²) in [5.74, 6) is 13.7. The monoisotopic (exact) mass is 814 g/mol. The van der Waals surface area contributed by atoms with E-state index in [4.69, 9.17) is 28.4 Å². The van der Waals surface area contributed by atoms with Gasteiger partial charge >= 0.3 is 0 Å². The van der Waals surface area contributed by atoms with Crippen LogP contribution in [0, 0.1) is 23.7 Å². The Labute approximate surface area is 356 Å². The number of ether oxygens (including phenoxy) is 6. The van der Waals surface area contributed by atoms with Gasteiger partial charge in [-0.15, -0.1) is 20.4 Å². The molecule has 1 saturated heterocycles. The highest BCUT2D eigenvalue weighted by atomic mass is 16.5. The van der Waals surface area contributed by atoms with Crippen LogP contribution in [-0.4, -0.2) is 57.5 Å². The van der Waals surface area contributed by atoms with Crippen molar-refractivity contribution in [3.8, 4) is 46.9 Å². The SMILES string of the molecule is C(#Cc1cc(OCc2ccccc2)c(OCc2ccccc2)nn1)C1=CCOCC1.OC1(C#Cc2cc(OCc3ccccc3)c(OCc3ccccc3)nn2)CCOCC1. The van der Waals surface area contributed by atoms with Gasteiger partial charge in [-0.3, -0.25) is 0 Å². The van der Waals surface area contributed by atoms with Crippen molar-refractivity contribution in [3.63, 3.8) is 0 Å². The van der Waals surface area contributed by atoms with Gasteiger partial charge in [0.2, 0.25) is 0 Å². The largest absolute Gasteiger partial charge is 0.483 e. The van der Waals surface area contributed by atoms with Gasteiger partial charge in [0.25, 0.3) is 11.8 Å². The summed E-state index contributed by atoms with van der Waals surface area (Å²) in [5, 5.41) is 27.3. The number of rotatable bonds is 12. The Balaban J connectivity index is 0.000000184. The molecule has 6 aromatic rings. The van der Waals surface area contributed by atoms with Crippen molar-refractivity contribution in [2.75, 3.05) is 26.4 Å². The molecule has 11 nitrogen and oxygen atoms in total. The molecule has 2 aromatic heterocycles. The molecule has 0 amide bonds. The molecular weight excluding hydrogens is 769 g/mol. The lowest BCUT2D eigenvalue weighted by Gasteiger charge is -2.26. The Bertz CT molecular complexity index is 2440. The first-order valence-corrected chi connectivity index (χ1v) is 20.1. The Morgan fingerprint density at radius 2 is 0.951 bits per heavy atom. The van der Waals surface area contributed by atoms with Crippen LogP contribution in [0.4, 0.5) is 0 Å². The molecule has 1 N–H and O–H groups in total. The standard InChI is InChI=1S/C25H24N2O4.C25H22N2O3/c28-25(13-15-29-16-14-25)12-11-22-17-23(30-18-20-7-3-1-4-8-20)24(27-26-22)31-19-21-9-5-2-6-10-21;1-3-7-21(8-4-1)18-29-24-17-23(12-11-20-13-15-28-16-14-20)26-27-25(24)30-19-22-9-5-2-6-10-22/h1-10,17,28H,13-16,18-19H2;1-10,13,17H,14-16,18-19H2. The average Bonchev–Trinajstić information content (AvgIpc) is 3.32. The second-order valence-corrected chi connectivity index (χ2v) is 14.1. The highest BCUT2D eigenvalue weighted by molar-refractivity contribution is 5.43. The molecule has 0 bridgehead atoms. The molecule has 0 unspecified atom stereocenters. The first kappa shape index (κ1) is 42.1. The first-order valence-electron chi connectivity index (χ1n) is 20.1. The molecule has 8 rings (SSSR count). The Kier molecular flexibility index (Phi) is 15.5. The molecule has 4 aromatic carbocycles. The minimum Gasteiger partial charge on any atom is -0.483 e. The van der Waals surface area contributed by atoms with Gasteiger partial charge in [0.05, 0.1) is 26.4 Å². The van der Waals surface area contributed by atoms with Gasteiger partial charge in [0, 0.05) is 37.0 Å². The highest BCUT2D eigenvalue weighted by Crippen LogP contribution is 2.28. The van der Waals surface area contributed by atoms with E-state index < -0.39 is 5.60 Å². The van der Waals surface area contributed by atoms with Crippen LogP contribution < -0.4 is 18.9 Å². The van der Waals surface area contributed by atoms with E-state index in [1.165, 1.54) is 0 Å². The van der Waals surface area contributed by atoms with Crippen molar-refractivity contribution in [2.24, 2.45) is 0 Å². The number of benzene rings is 4. The van der Waals surface area contributed by atoms with E-state index in [9.17, 15) is 5.11 Å². The minimum atomic E-state index is -1.06. The third-order valence-electron chi connectivity index (χ3n) is 9.42. The Morgan fingerprint density at radius 1 is 0.508 bits per heavy atom. The van der Waals surface area contributed by atoms with Crippen molar-refractivity contribution in [1.82, 2.24) is 20.4 Å². The second kappa shape index (κ2) is 22.4. The van der Waals surface area contributed by atoms with Gasteiger partial charge in [-0.2, -0.15) is 0 Å². The van der Waals surface area contributed by atoms with Crippen LogP contribution in [0.15, 0.2) is 145 Å². The quantitative estimate of drug-likeness (QED) is 0.121. The first-order chi connectivity index (χ1) is 30.1. The zero-order valence-electron chi connectivity index (χ0n) is 33.7. The van der Waals surface area contributed by atoms with Gasteiger partial charge in [0.1, 0.15) is 43.4 Å². The van der Waals surface area contributed by atoms with Crippen molar-refractivity contribution in [1.29, 1.82) is 0 Å². The lowest BCUT2D eigenvalue weighted by Crippen LogP contribution is -2.34. The number of hydrogen-bond acceptors (Lipinski definition) is 11. The summed E-state index contributed by atoms with van der Waals surface area (Å²) >= 11 is 0. The fourth-order valence-electron chi connectivity index (χ4n) is 5.98. The van der Waals surface area contributed by atoms with Gasteiger partial charge < -0.3 is 33.5 Å². The van der Waals surface area contributed by atoms with E-state index >= 15 is 0 Å². The van der Waals surface area contributed by atoms with Crippen LogP contribution in [0.25, 0.3) is 0 Å². The fraction of sp³-hybridized carbons (Fsp3) is 0.240. The highest BCUT2D eigenvalue weighted by Gasteiger charge is 2.27. The molecule has 1 fully saturated rings. The van der Waals surface area contributed by atoms with Gasteiger partial charge in [-0.1, -0.05) is 133 Å². The summed E-state index contributed by atoms with van der Waals surface area (Å²) in [7, 11) is 0. The maximum atomic E-state index is 10.6. The molecule has 11 heteroatoms. The normalized spacial score (nSPS) is 14.0. The molecule has 2 aliphatic rings. The van der Waals surface area contributed by atoms with Crippen LogP contribution >= 0.6 is 0 Å². The smallest absolute Gasteiger partial charge is 0.276 e. The lowest BCUT2D eigenvalue weighted by molar-refractivity contribution is -0.0262. The van der Waals surface area contributed by atoms with Gasteiger partial charge in [-0.25, -0.2) is 0 Å². The molecule has 308 valence electrons. The molecule has 0 radical (unpaired) electrons. The Hall–Kier alpha value is -7.02. The zero-order chi connectivity index (χ0) is 41.8. The number of aliphatic hydroxyl groups is 1. The lowest BCUT2D eigenvalue weighted by atomic mass is 9.95. The van der Waals surface area contributed by atoms with Gasteiger partial charge in [-0.05, 0) is 40.2 Å². The molecule has 4 heterocycles. The maximum Gasteiger partial charge on any atom is 0.276 e. The van der Waals surface area contributed by atoms with Crippen molar-refractivity contribution in [2.45, 2.75) is 51.3 Å². The molecule has 0 atom stereocenters. The molecule has 0 aliphatic carbocycles. The van der Waals surface area contributed by atoms with Crippen LogP contribution in [-0.2, 0) is 35.9 Å². The van der Waals surface area contributed by atoms with Crippen LogP contribution in [0.3, 0.4) is 0 Å². The summed E-state index contributed by atoms with van der Waals surface area (Å²) in [6, 6.07) is 43.0. The number of hydrogen-bond donors (Lipinski definition) is 1. The topological polar surface area (TPSA) is 127 Å². The third-order valence-corrected chi connectivity index (χ3v) is 9.42. The van der Waals surface area contributed by atoms with E-state index in [1.807, 2.05) is 127 Å². The zero-order valence-corrected chi connectivity index (χ0v) is 33.7. The molecular formula is C50H46N4O7. The maximum absolute atomic E-state index is 10.6. The van der Waals surface area contributed by atoms with Crippen molar-refractivity contribution < 1.29 is 33.5 Å². The molecule has 0 spiro atoms. The van der Waals surface area contributed by atoms with Crippen LogP contribution in [0.2, 0.25) is 0 Å². The summed E-state index contributed by atoms with van der Waals surface area (Å²) in [4.78, 5) is 0. The average molecular weight is 815 g/mol. The minimum absolute atomic E-state index is 0.301. The molecule has 2 aliphatic heterocycles. The summed E-state index contributed by atoms with van der Waals surface area (Å²) in [5.41, 5.74) is 5.09. The van der Waals surface area contributed by atoms with Crippen LogP contribution in [0.5, 0.6) is 23.3 Å². The van der Waals surface area contributed by atoms with E-state index in [1.54, 1.807) is 12.1 Å². The predicted molar refractivity (Wildman–Crippen MR) is 229 cm³/mol. The summed E-state index contributed by atoms with van der Waals surface area (Å²) in [6.45, 7) is 3.80. The van der Waals surface area contributed by atoms with Crippen LogP contribution in [0.1, 0.15) is 52.9 Å². The third kappa shape index (κ3) is 13.8. The molecule has 0 saturated carbocycles. The predicted octanol–water partition coefficient (Wildman–Crippen LogP) is 7.86. The summed E-state index contributed by atoms with van der Waals surface area (Å²) < 4.78 is 34.4. The fourth-order valence-corrected chi connectivity index (χ4v) is 5.98. The van der Waals surface area contributed by atoms with E-state index in [0.717, 1.165) is 34.2 Å². The van der Waals surface area contributed by atoms with E-state index in [0.29, 0.717) is 100 Å². The van der Waals surface area contributed by atoms with E-state index in [2.05, 4.69) is 44.1 Å².